The smallest absolute Gasteiger partial charge is 0.257 e. The molecule has 2 heterocycles. The summed E-state index contributed by atoms with van der Waals surface area (Å²) in [6.45, 7) is 8.00. The Morgan fingerprint density at radius 1 is 0.966 bits per heavy atom. The molecule has 0 bridgehead atoms. The second-order valence-corrected chi connectivity index (χ2v) is 6.42. The summed E-state index contributed by atoms with van der Waals surface area (Å²) in [5.41, 5.74) is 1.46. The van der Waals surface area contributed by atoms with Gasteiger partial charge < -0.3 is 10.1 Å². The van der Waals surface area contributed by atoms with Crippen LogP contribution in [0.5, 0.6) is 11.6 Å². The zero-order valence-electron chi connectivity index (χ0n) is 16.6. The molecule has 0 aliphatic rings. The number of nitrogens with one attached hydrogen (secondary N) is 1. The third-order valence-corrected chi connectivity index (χ3v) is 4.50. The van der Waals surface area contributed by atoms with E-state index in [0.29, 0.717) is 16.4 Å². The van der Waals surface area contributed by atoms with Gasteiger partial charge in [0.15, 0.2) is 10.3 Å². The number of aromatic nitrogens is 3. The minimum absolute atomic E-state index is 0.200. The number of hydrogen-bond acceptors (Lipinski definition) is 6. The molecule has 0 spiro atoms. The summed E-state index contributed by atoms with van der Waals surface area (Å²) < 4.78 is 19.7. The monoisotopic (exact) mass is 432 g/mol. The second kappa shape index (κ2) is 11.3. The molecule has 29 heavy (non-hydrogen) atoms. The van der Waals surface area contributed by atoms with Crippen LogP contribution in [0.4, 0.5) is 15.2 Å². The number of benzene rings is 2. The van der Waals surface area contributed by atoms with Gasteiger partial charge in [-0.15, -0.1) is 0 Å². The molecule has 0 fully saturated rings. The van der Waals surface area contributed by atoms with Crippen LogP contribution in [-0.4, -0.2) is 15.0 Å². The molecule has 4 aromatic rings. The molecule has 2 aromatic carbocycles. The molecule has 152 valence electrons. The van der Waals surface area contributed by atoms with Gasteiger partial charge in [-0.1, -0.05) is 50.6 Å². The fourth-order valence-electron chi connectivity index (χ4n) is 2.17. The highest BCUT2D eigenvalue weighted by Crippen LogP contribution is 2.30. The first-order valence-electron chi connectivity index (χ1n) is 9.25. The lowest BCUT2D eigenvalue weighted by Crippen LogP contribution is -1.92. The van der Waals surface area contributed by atoms with Gasteiger partial charge >= 0.3 is 0 Å². The van der Waals surface area contributed by atoms with Crippen LogP contribution in [0.3, 0.4) is 0 Å². The highest BCUT2D eigenvalue weighted by atomic mass is 35.5. The summed E-state index contributed by atoms with van der Waals surface area (Å²) in [6, 6.07) is 11.8. The number of anilines is 2. The molecule has 8 heteroatoms. The number of rotatable bonds is 4. The van der Waals surface area contributed by atoms with Crippen molar-refractivity contribution < 1.29 is 9.13 Å². The molecular weight excluding hydrogens is 411 g/mol. The molecule has 0 unspecified atom stereocenters. The van der Waals surface area contributed by atoms with E-state index >= 15 is 0 Å². The first-order chi connectivity index (χ1) is 14.2. The summed E-state index contributed by atoms with van der Waals surface area (Å²) in [4.78, 5) is 12.3. The van der Waals surface area contributed by atoms with E-state index < -0.39 is 0 Å². The zero-order chi connectivity index (χ0) is 21.2. The molecule has 0 amide bonds. The molecule has 2 aromatic heterocycles. The fourth-order valence-corrected chi connectivity index (χ4v) is 3.18. The molecule has 4 rings (SSSR count). The first kappa shape index (κ1) is 22.5. The summed E-state index contributed by atoms with van der Waals surface area (Å²) >= 11 is 7.37. The van der Waals surface area contributed by atoms with Crippen LogP contribution in [0.2, 0.25) is 5.15 Å². The second-order valence-electron chi connectivity index (χ2n) is 5.03. The van der Waals surface area contributed by atoms with E-state index in [4.69, 9.17) is 16.3 Å². The van der Waals surface area contributed by atoms with E-state index in [2.05, 4.69) is 20.3 Å². The van der Waals surface area contributed by atoms with Crippen LogP contribution in [0, 0.1) is 5.82 Å². The Hall–Kier alpha value is -2.77. The van der Waals surface area contributed by atoms with Gasteiger partial charge in [0.1, 0.15) is 11.6 Å². The molecule has 5 nitrogen and oxygen atoms in total. The normalized spacial score (nSPS) is 9.72. The molecule has 1 N–H and O–H groups in total. The maximum Gasteiger partial charge on any atom is 0.257 e. The van der Waals surface area contributed by atoms with Gasteiger partial charge in [0.05, 0.1) is 10.2 Å². The van der Waals surface area contributed by atoms with Crippen LogP contribution < -0.4 is 10.1 Å². The molecule has 0 atom stereocenters. The highest BCUT2D eigenvalue weighted by molar-refractivity contribution is 7.22. The van der Waals surface area contributed by atoms with Crippen LogP contribution in [-0.2, 0) is 0 Å². The average molecular weight is 433 g/mol. The van der Waals surface area contributed by atoms with Crippen molar-refractivity contribution in [2.45, 2.75) is 27.7 Å². The summed E-state index contributed by atoms with van der Waals surface area (Å²) in [5.74, 6) is 0.533. The molecule has 0 aliphatic carbocycles. The minimum Gasteiger partial charge on any atom is -0.436 e. The molecule has 0 radical (unpaired) electrons. The maximum absolute atomic E-state index is 13.2. The average Bonchev–Trinajstić information content (AvgIpc) is 3.15. The number of nitrogens with zero attached hydrogens (tertiary/aromatic N) is 3. The topological polar surface area (TPSA) is 59.9 Å². The SMILES string of the molecule is CC.CC.Fc1ccc2sc(Nc3ccc(Oc4nccnc4Cl)cc3)nc2c1. The quantitative estimate of drug-likeness (QED) is 0.362. The molecule has 0 saturated heterocycles. The standard InChI is InChI=1S/C17H10ClFN4OS.2C2H6/c18-15-16(21-8-7-20-15)24-12-4-2-11(3-5-12)22-17-23-13-9-10(19)1-6-14(13)25-17;2*1-2/h1-9H,(H,22,23);2*1-2H3. The van der Waals surface area contributed by atoms with Crippen LogP contribution >= 0.6 is 22.9 Å². The van der Waals surface area contributed by atoms with Crippen molar-refractivity contribution in [2.75, 3.05) is 5.32 Å². The van der Waals surface area contributed by atoms with Gasteiger partial charge in [-0.25, -0.2) is 19.3 Å². The van der Waals surface area contributed by atoms with Gasteiger partial charge in [0.25, 0.3) is 5.88 Å². The van der Waals surface area contributed by atoms with Crippen molar-refractivity contribution in [1.29, 1.82) is 0 Å². The van der Waals surface area contributed by atoms with Gasteiger partial charge in [-0.05, 0) is 36.4 Å². The predicted molar refractivity (Wildman–Crippen MR) is 119 cm³/mol. The van der Waals surface area contributed by atoms with Crippen molar-refractivity contribution >= 4 is 44.0 Å². The lowest BCUT2D eigenvalue weighted by Gasteiger charge is -2.07. The number of thiazole rings is 1. The van der Waals surface area contributed by atoms with Crippen LogP contribution in [0.15, 0.2) is 54.9 Å². The number of ether oxygens (including phenoxy) is 1. The van der Waals surface area contributed by atoms with Crippen molar-refractivity contribution in [3.63, 3.8) is 0 Å². The van der Waals surface area contributed by atoms with E-state index in [0.717, 1.165) is 10.4 Å². The highest BCUT2D eigenvalue weighted by Gasteiger charge is 2.07. The molecule has 0 aliphatic heterocycles. The first-order valence-corrected chi connectivity index (χ1v) is 10.4. The van der Waals surface area contributed by atoms with E-state index in [-0.39, 0.29) is 16.9 Å². The van der Waals surface area contributed by atoms with Crippen LogP contribution in [0.25, 0.3) is 10.2 Å². The van der Waals surface area contributed by atoms with Gasteiger partial charge in [0.2, 0.25) is 0 Å². The van der Waals surface area contributed by atoms with Crippen LogP contribution in [0.1, 0.15) is 27.7 Å². The van der Waals surface area contributed by atoms with Crippen molar-refractivity contribution in [1.82, 2.24) is 15.0 Å². The Morgan fingerprint density at radius 3 is 2.34 bits per heavy atom. The Labute approximate surface area is 178 Å². The van der Waals surface area contributed by atoms with Gasteiger partial charge in [-0.3, -0.25) is 0 Å². The van der Waals surface area contributed by atoms with Crippen molar-refractivity contribution in [3.8, 4) is 11.6 Å². The minimum atomic E-state index is -0.298. The van der Waals surface area contributed by atoms with Crippen molar-refractivity contribution in [2.24, 2.45) is 0 Å². The third-order valence-electron chi connectivity index (χ3n) is 3.29. The number of hydrogen-bond donors (Lipinski definition) is 1. The van der Waals surface area contributed by atoms with E-state index in [9.17, 15) is 4.39 Å². The number of halogens is 2. The van der Waals surface area contributed by atoms with Crippen molar-refractivity contribution in [3.05, 3.63) is 65.8 Å². The third kappa shape index (κ3) is 6.10. The Balaban J connectivity index is 0.000000707. The maximum atomic E-state index is 13.2. The molecular formula is C21H22ClFN4OS. The van der Waals surface area contributed by atoms with Gasteiger partial charge in [-0.2, -0.15) is 0 Å². The molecule has 0 saturated carbocycles. The lowest BCUT2D eigenvalue weighted by atomic mass is 10.3. The predicted octanol–water partition coefficient (Wildman–Crippen LogP) is 7.47. The Kier molecular flexibility index (Phi) is 8.76. The fraction of sp³-hybridized carbons (Fsp3) is 0.190. The van der Waals surface area contributed by atoms with Gasteiger partial charge in [0, 0.05) is 24.1 Å². The zero-order valence-corrected chi connectivity index (χ0v) is 18.2. The summed E-state index contributed by atoms with van der Waals surface area (Å²) in [5, 5.41) is 4.08. The summed E-state index contributed by atoms with van der Waals surface area (Å²) in [7, 11) is 0. The Morgan fingerprint density at radius 2 is 1.66 bits per heavy atom. The lowest BCUT2D eigenvalue weighted by molar-refractivity contribution is 0.460. The number of fused-ring (bicyclic) bond motifs is 1. The van der Waals surface area contributed by atoms with E-state index in [1.165, 1.54) is 35.9 Å². The largest absolute Gasteiger partial charge is 0.436 e. The van der Waals surface area contributed by atoms with E-state index in [1.807, 2.05) is 39.8 Å². The summed E-state index contributed by atoms with van der Waals surface area (Å²) in [6.07, 6.45) is 3.00. The van der Waals surface area contributed by atoms with E-state index in [1.54, 1.807) is 18.2 Å². The Bertz CT molecular complexity index is 1040.